The summed E-state index contributed by atoms with van der Waals surface area (Å²) < 4.78 is 2.15. The van der Waals surface area contributed by atoms with Gasteiger partial charge in [-0.1, -0.05) is 60.2 Å². The maximum Gasteiger partial charge on any atom is 0.190 e. The second-order valence-corrected chi connectivity index (χ2v) is 13.5. The predicted octanol–water partition coefficient (Wildman–Crippen LogP) is 4.56. The first-order valence-electron chi connectivity index (χ1n) is 12.8. The molecule has 0 spiro atoms. The van der Waals surface area contributed by atoms with Crippen LogP contribution in [-0.4, -0.2) is 68.1 Å². The van der Waals surface area contributed by atoms with Crippen molar-refractivity contribution < 1.29 is 0 Å². The molecule has 0 bridgehead atoms. The minimum absolute atomic E-state index is 0.0225. The summed E-state index contributed by atoms with van der Waals surface area (Å²) in [6, 6.07) is 2.27. The summed E-state index contributed by atoms with van der Waals surface area (Å²) in [5.74, 6) is 4.21. The third kappa shape index (κ3) is 5.76. The maximum absolute atomic E-state index is 5.01. The highest BCUT2D eigenvalue weighted by molar-refractivity contribution is 7.99. The summed E-state index contributed by atoms with van der Waals surface area (Å²) >= 11 is 1.82. The highest BCUT2D eigenvalue weighted by atomic mass is 32.2. The Morgan fingerprint density at radius 1 is 0.941 bits per heavy atom. The summed E-state index contributed by atoms with van der Waals surface area (Å²) in [6.45, 7) is 20.9. The summed E-state index contributed by atoms with van der Waals surface area (Å²) in [6.07, 6.45) is 3.64. The Balaban J connectivity index is 1.28. The van der Waals surface area contributed by atoms with E-state index in [0.717, 1.165) is 67.5 Å². The summed E-state index contributed by atoms with van der Waals surface area (Å²) in [5.41, 5.74) is 1.48. The van der Waals surface area contributed by atoms with Gasteiger partial charge in [-0.05, 0) is 25.8 Å². The lowest BCUT2D eigenvalue weighted by Gasteiger charge is -2.36. The molecule has 1 saturated heterocycles. The highest BCUT2D eigenvalue weighted by Crippen LogP contribution is 2.47. The van der Waals surface area contributed by atoms with Gasteiger partial charge in [0.2, 0.25) is 0 Å². The summed E-state index contributed by atoms with van der Waals surface area (Å²) in [4.78, 5) is 15.0. The molecular weight excluding hydrogens is 442 g/mol. The van der Waals surface area contributed by atoms with Crippen LogP contribution in [0.5, 0.6) is 0 Å². The van der Waals surface area contributed by atoms with Crippen LogP contribution in [0.3, 0.4) is 0 Å². The van der Waals surface area contributed by atoms with Crippen molar-refractivity contribution in [3.8, 4) is 0 Å². The quantitative estimate of drug-likeness (QED) is 0.421. The number of thioether (sulfide) groups is 1. The Kier molecular flexibility index (Phi) is 7.04. The van der Waals surface area contributed by atoms with Crippen LogP contribution in [-0.2, 0) is 23.3 Å². The van der Waals surface area contributed by atoms with Crippen molar-refractivity contribution in [3.63, 3.8) is 0 Å². The van der Waals surface area contributed by atoms with E-state index in [0.29, 0.717) is 0 Å². The molecule has 1 aliphatic carbocycles. The van der Waals surface area contributed by atoms with Gasteiger partial charge in [-0.2, -0.15) is 0 Å². The standard InChI is InChI=1S/C26H43N7S/c1-24(2,3)21-27-19(26(7)10-11-26)18-20(28-21)33-15-13-32(14-16-33)12-9-17-34-23-30-29-22(31(23)8)25(4,5)6/h18H,9-17H2,1-8H3. The van der Waals surface area contributed by atoms with E-state index in [2.05, 4.69) is 86.1 Å². The van der Waals surface area contributed by atoms with Gasteiger partial charge in [0.25, 0.3) is 0 Å². The first kappa shape index (κ1) is 25.4. The van der Waals surface area contributed by atoms with E-state index in [4.69, 9.17) is 9.97 Å². The zero-order valence-electron chi connectivity index (χ0n) is 22.5. The van der Waals surface area contributed by atoms with Gasteiger partial charge in [0.1, 0.15) is 17.5 Å². The van der Waals surface area contributed by atoms with E-state index >= 15 is 0 Å². The van der Waals surface area contributed by atoms with Crippen LogP contribution in [0.25, 0.3) is 0 Å². The van der Waals surface area contributed by atoms with Crippen molar-refractivity contribution in [2.45, 2.75) is 89.1 Å². The average Bonchev–Trinajstić information content (AvgIpc) is 3.41. The lowest BCUT2D eigenvalue weighted by molar-refractivity contribution is 0.258. The number of hydrogen-bond acceptors (Lipinski definition) is 7. The molecule has 2 aromatic rings. The van der Waals surface area contributed by atoms with Crippen LogP contribution < -0.4 is 4.90 Å². The molecule has 4 rings (SSSR count). The fraction of sp³-hybridized carbons (Fsp3) is 0.769. The predicted molar refractivity (Wildman–Crippen MR) is 141 cm³/mol. The van der Waals surface area contributed by atoms with Gasteiger partial charge in [-0.15, -0.1) is 10.2 Å². The van der Waals surface area contributed by atoms with E-state index in [1.807, 2.05) is 11.8 Å². The number of hydrogen-bond donors (Lipinski definition) is 0. The molecule has 2 aliphatic rings. The second kappa shape index (κ2) is 9.41. The van der Waals surface area contributed by atoms with Gasteiger partial charge in [-0.25, -0.2) is 9.97 Å². The molecule has 2 fully saturated rings. The molecule has 3 heterocycles. The number of nitrogens with zero attached hydrogens (tertiary/aromatic N) is 7. The average molecular weight is 486 g/mol. The maximum atomic E-state index is 5.01. The van der Waals surface area contributed by atoms with Crippen LogP contribution >= 0.6 is 11.8 Å². The number of aromatic nitrogens is 5. The minimum Gasteiger partial charge on any atom is -0.354 e. The lowest BCUT2D eigenvalue weighted by Crippen LogP contribution is -2.47. The molecule has 0 radical (unpaired) electrons. The molecule has 0 unspecified atom stereocenters. The smallest absolute Gasteiger partial charge is 0.190 e. The SMILES string of the molecule is Cn1c(SCCCN2CCN(c3cc(C4(C)CC4)nc(C(C)(C)C)n3)CC2)nnc1C(C)(C)C. The molecule has 0 N–H and O–H groups in total. The van der Waals surface area contributed by atoms with Crippen LogP contribution in [0.15, 0.2) is 11.2 Å². The first-order chi connectivity index (χ1) is 15.9. The van der Waals surface area contributed by atoms with E-state index < -0.39 is 0 Å². The van der Waals surface area contributed by atoms with E-state index in [9.17, 15) is 0 Å². The van der Waals surface area contributed by atoms with Gasteiger partial charge >= 0.3 is 0 Å². The molecule has 8 heteroatoms. The van der Waals surface area contributed by atoms with E-state index in [1.54, 1.807) is 0 Å². The third-order valence-corrected chi connectivity index (χ3v) is 8.16. The molecule has 34 heavy (non-hydrogen) atoms. The topological polar surface area (TPSA) is 63.0 Å². The third-order valence-electron chi connectivity index (χ3n) is 7.05. The molecule has 7 nitrogen and oxygen atoms in total. The van der Waals surface area contributed by atoms with Crippen LogP contribution in [0.2, 0.25) is 0 Å². The molecule has 1 saturated carbocycles. The largest absolute Gasteiger partial charge is 0.354 e. The number of piperazine rings is 1. The Bertz CT molecular complexity index is 966. The molecule has 0 aromatic carbocycles. The van der Waals surface area contributed by atoms with Crippen molar-refractivity contribution in [2.24, 2.45) is 7.05 Å². The van der Waals surface area contributed by atoms with Crippen molar-refractivity contribution in [3.05, 3.63) is 23.4 Å². The zero-order valence-corrected chi connectivity index (χ0v) is 23.3. The van der Waals surface area contributed by atoms with Crippen LogP contribution in [0.1, 0.15) is 85.1 Å². The van der Waals surface area contributed by atoms with E-state index in [1.165, 1.54) is 18.5 Å². The van der Waals surface area contributed by atoms with Gasteiger partial charge in [0.05, 0.1) is 5.69 Å². The Morgan fingerprint density at radius 2 is 1.62 bits per heavy atom. The highest BCUT2D eigenvalue weighted by Gasteiger charge is 2.42. The second-order valence-electron chi connectivity index (χ2n) is 12.4. The molecule has 0 amide bonds. The first-order valence-corrected chi connectivity index (χ1v) is 13.8. The van der Waals surface area contributed by atoms with Gasteiger partial charge < -0.3 is 9.47 Å². The lowest BCUT2D eigenvalue weighted by atomic mass is 9.94. The summed E-state index contributed by atoms with van der Waals surface area (Å²) in [7, 11) is 2.08. The van der Waals surface area contributed by atoms with Gasteiger partial charge in [0, 0.05) is 61.3 Å². The number of anilines is 1. The Labute approximate surface area is 210 Å². The normalized spacial score (nSPS) is 19.0. The van der Waals surface area contributed by atoms with Gasteiger partial charge in [0.15, 0.2) is 5.16 Å². The van der Waals surface area contributed by atoms with Crippen molar-refractivity contribution >= 4 is 17.6 Å². The van der Waals surface area contributed by atoms with E-state index in [-0.39, 0.29) is 16.2 Å². The molecule has 0 atom stereocenters. The van der Waals surface area contributed by atoms with Gasteiger partial charge in [-0.3, -0.25) is 4.90 Å². The summed E-state index contributed by atoms with van der Waals surface area (Å²) in [5, 5.41) is 9.83. The van der Waals surface area contributed by atoms with Crippen LogP contribution in [0.4, 0.5) is 5.82 Å². The fourth-order valence-electron chi connectivity index (χ4n) is 4.43. The molecule has 2 aromatic heterocycles. The molecule has 1 aliphatic heterocycles. The minimum atomic E-state index is -0.0358. The fourth-order valence-corrected chi connectivity index (χ4v) is 5.27. The molecular formula is C26H43N7S. The Hall–Kier alpha value is -1.67. The van der Waals surface area contributed by atoms with Crippen molar-refractivity contribution in [1.82, 2.24) is 29.6 Å². The van der Waals surface area contributed by atoms with Crippen LogP contribution in [0, 0.1) is 0 Å². The Morgan fingerprint density at radius 3 is 2.18 bits per heavy atom. The number of rotatable bonds is 7. The van der Waals surface area contributed by atoms with Crippen molar-refractivity contribution in [2.75, 3.05) is 43.4 Å². The van der Waals surface area contributed by atoms with Crippen molar-refractivity contribution in [1.29, 1.82) is 0 Å². The monoisotopic (exact) mass is 485 g/mol. The zero-order chi connectivity index (χ0) is 24.7. The molecule has 188 valence electrons.